The number of amides is 3. The molecule has 3 rings (SSSR count). The molecule has 138 valence electrons. The van der Waals surface area contributed by atoms with Crippen LogP contribution in [0.1, 0.15) is 31.4 Å². The van der Waals surface area contributed by atoms with E-state index < -0.39 is 5.54 Å². The number of hydrogen-bond acceptors (Lipinski definition) is 6. The van der Waals surface area contributed by atoms with E-state index in [0.29, 0.717) is 19.4 Å². The molecule has 3 amide bonds. The standard InChI is InChI=1S/C14H22N6O2.CH2O2/c1-4-10-15-11(17-16-10)9-20-7-5-14(6-8-20)12(21)18(2)13(22)19(14)3;2-1-3/h4-9H2,1-3H3,(H,15,16,17);1H,(H,2,3). The maximum absolute atomic E-state index is 12.4. The van der Waals surface area contributed by atoms with Gasteiger partial charge in [-0.05, 0) is 12.8 Å². The van der Waals surface area contributed by atoms with Gasteiger partial charge in [0.15, 0.2) is 0 Å². The molecule has 10 nitrogen and oxygen atoms in total. The number of piperidine rings is 1. The van der Waals surface area contributed by atoms with Gasteiger partial charge in [-0.1, -0.05) is 6.92 Å². The quantitative estimate of drug-likeness (QED) is 0.576. The van der Waals surface area contributed by atoms with E-state index in [0.717, 1.165) is 31.2 Å². The maximum atomic E-state index is 12.4. The van der Waals surface area contributed by atoms with Crippen LogP contribution < -0.4 is 0 Å². The number of carboxylic acid groups (broad SMARTS) is 1. The molecule has 1 aromatic rings. The molecule has 0 bridgehead atoms. The fourth-order valence-electron chi connectivity index (χ4n) is 3.36. The number of carbonyl (C=O) groups is 3. The summed E-state index contributed by atoms with van der Waals surface area (Å²) in [4.78, 5) is 42.3. The van der Waals surface area contributed by atoms with Crippen LogP contribution in [0.5, 0.6) is 0 Å². The summed E-state index contributed by atoms with van der Waals surface area (Å²) in [6.45, 7) is 4.00. The lowest BCUT2D eigenvalue weighted by Crippen LogP contribution is -2.55. The summed E-state index contributed by atoms with van der Waals surface area (Å²) in [5.41, 5.74) is -0.654. The number of aryl methyl sites for hydroxylation is 1. The molecule has 2 saturated heterocycles. The normalized spacial score (nSPS) is 20.0. The minimum atomic E-state index is -0.654. The Kier molecular flexibility index (Phi) is 5.73. The smallest absolute Gasteiger partial charge is 0.327 e. The van der Waals surface area contributed by atoms with Crippen molar-refractivity contribution in [2.24, 2.45) is 0 Å². The summed E-state index contributed by atoms with van der Waals surface area (Å²) >= 11 is 0. The molecule has 3 heterocycles. The van der Waals surface area contributed by atoms with Crippen LogP contribution in [0.15, 0.2) is 0 Å². The monoisotopic (exact) mass is 352 g/mol. The third kappa shape index (κ3) is 3.48. The number of H-pyrrole nitrogens is 1. The van der Waals surface area contributed by atoms with Crippen molar-refractivity contribution in [1.29, 1.82) is 0 Å². The number of imide groups is 1. The number of likely N-dealkylation sites (N-methyl/N-ethyl adjacent to an activating group) is 2. The molecule has 0 atom stereocenters. The van der Waals surface area contributed by atoms with Gasteiger partial charge in [-0.3, -0.25) is 24.5 Å². The van der Waals surface area contributed by atoms with Crippen LogP contribution in [-0.2, 0) is 22.6 Å². The van der Waals surface area contributed by atoms with Crippen molar-refractivity contribution >= 4 is 18.4 Å². The summed E-state index contributed by atoms with van der Waals surface area (Å²) in [5.74, 6) is 1.60. The van der Waals surface area contributed by atoms with Gasteiger partial charge in [0.2, 0.25) is 0 Å². The van der Waals surface area contributed by atoms with Crippen LogP contribution in [0, 0.1) is 0 Å². The summed E-state index contributed by atoms with van der Waals surface area (Å²) < 4.78 is 0. The second kappa shape index (κ2) is 7.60. The zero-order valence-corrected chi connectivity index (χ0v) is 14.7. The van der Waals surface area contributed by atoms with Gasteiger partial charge in [-0.15, -0.1) is 0 Å². The zero-order chi connectivity index (χ0) is 18.6. The molecule has 10 heteroatoms. The average Bonchev–Trinajstić information content (AvgIpc) is 3.13. The predicted molar refractivity (Wildman–Crippen MR) is 87.6 cm³/mol. The number of urea groups is 1. The highest BCUT2D eigenvalue weighted by Gasteiger charge is 2.55. The molecule has 0 saturated carbocycles. The van der Waals surface area contributed by atoms with Gasteiger partial charge in [0.05, 0.1) is 6.54 Å². The third-order valence-corrected chi connectivity index (χ3v) is 4.87. The first-order valence-corrected chi connectivity index (χ1v) is 8.16. The van der Waals surface area contributed by atoms with Crippen LogP contribution in [-0.4, -0.2) is 86.1 Å². The van der Waals surface area contributed by atoms with Crippen LogP contribution >= 0.6 is 0 Å². The number of aromatic nitrogens is 3. The zero-order valence-electron chi connectivity index (χ0n) is 14.7. The highest BCUT2D eigenvalue weighted by Crippen LogP contribution is 2.35. The van der Waals surface area contributed by atoms with E-state index in [4.69, 9.17) is 9.90 Å². The van der Waals surface area contributed by atoms with Crippen molar-refractivity contribution in [3.63, 3.8) is 0 Å². The van der Waals surface area contributed by atoms with Crippen LogP contribution in [0.2, 0.25) is 0 Å². The van der Waals surface area contributed by atoms with E-state index in [1.807, 2.05) is 6.92 Å². The lowest BCUT2D eigenvalue weighted by Gasteiger charge is -2.40. The fraction of sp³-hybridized carbons (Fsp3) is 0.667. The second-order valence-electron chi connectivity index (χ2n) is 6.17. The van der Waals surface area contributed by atoms with E-state index in [1.54, 1.807) is 19.0 Å². The van der Waals surface area contributed by atoms with Gasteiger partial charge in [-0.2, -0.15) is 5.10 Å². The van der Waals surface area contributed by atoms with Gasteiger partial charge < -0.3 is 10.0 Å². The number of rotatable bonds is 3. The lowest BCUT2D eigenvalue weighted by molar-refractivity contribution is -0.134. The predicted octanol–water partition coefficient (Wildman–Crippen LogP) is -0.0737. The highest BCUT2D eigenvalue weighted by atomic mass is 16.3. The van der Waals surface area contributed by atoms with Crippen LogP contribution in [0.4, 0.5) is 4.79 Å². The Morgan fingerprint density at radius 1 is 1.28 bits per heavy atom. The molecule has 2 aliphatic heterocycles. The SMILES string of the molecule is CCc1n[nH]c(CN2CCC3(CC2)C(=O)N(C)C(=O)N3C)n1.O=CO. The van der Waals surface area contributed by atoms with Crippen LogP contribution in [0.25, 0.3) is 0 Å². The van der Waals surface area contributed by atoms with Gasteiger partial charge in [0.1, 0.15) is 17.2 Å². The summed E-state index contributed by atoms with van der Waals surface area (Å²) in [7, 11) is 3.28. The van der Waals surface area contributed by atoms with Crippen molar-refractivity contribution < 1.29 is 19.5 Å². The first kappa shape index (κ1) is 18.8. The van der Waals surface area contributed by atoms with Gasteiger partial charge in [-0.25, -0.2) is 9.78 Å². The summed E-state index contributed by atoms with van der Waals surface area (Å²) in [6.07, 6.45) is 2.13. The minimum absolute atomic E-state index is 0.0763. The topological polar surface area (TPSA) is 123 Å². The lowest BCUT2D eigenvalue weighted by atomic mass is 9.86. The van der Waals surface area contributed by atoms with Gasteiger partial charge in [0.25, 0.3) is 12.4 Å². The molecular formula is C15H24N6O4. The van der Waals surface area contributed by atoms with Gasteiger partial charge in [0, 0.05) is 33.6 Å². The molecule has 1 aromatic heterocycles. The largest absolute Gasteiger partial charge is 0.483 e. The van der Waals surface area contributed by atoms with Crippen molar-refractivity contribution in [2.45, 2.75) is 38.3 Å². The van der Waals surface area contributed by atoms with E-state index in [2.05, 4.69) is 20.1 Å². The number of nitrogens with zero attached hydrogens (tertiary/aromatic N) is 5. The number of hydrogen-bond donors (Lipinski definition) is 2. The highest BCUT2D eigenvalue weighted by molar-refractivity contribution is 6.06. The molecule has 2 fully saturated rings. The Balaban J connectivity index is 0.000000701. The third-order valence-electron chi connectivity index (χ3n) is 4.87. The molecule has 0 unspecified atom stereocenters. The van der Waals surface area contributed by atoms with E-state index in [-0.39, 0.29) is 18.4 Å². The molecule has 0 radical (unpaired) electrons. The van der Waals surface area contributed by atoms with E-state index >= 15 is 0 Å². The maximum Gasteiger partial charge on any atom is 0.327 e. The molecule has 2 aliphatic rings. The van der Waals surface area contributed by atoms with Crippen molar-refractivity contribution in [1.82, 2.24) is 29.9 Å². The fourth-order valence-corrected chi connectivity index (χ4v) is 3.36. The molecule has 25 heavy (non-hydrogen) atoms. The number of carbonyl (C=O) groups excluding carboxylic acids is 2. The number of nitrogens with one attached hydrogen (secondary N) is 1. The molecule has 0 aliphatic carbocycles. The first-order chi connectivity index (χ1) is 11.9. The Hall–Kier alpha value is -2.49. The molecule has 2 N–H and O–H groups in total. The van der Waals surface area contributed by atoms with Crippen molar-refractivity contribution in [3.8, 4) is 0 Å². The minimum Gasteiger partial charge on any atom is -0.483 e. The van der Waals surface area contributed by atoms with E-state index in [9.17, 15) is 9.59 Å². The van der Waals surface area contributed by atoms with E-state index in [1.165, 1.54) is 4.90 Å². The Bertz CT molecular complexity index is 638. The Labute approximate surface area is 145 Å². The summed E-state index contributed by atoms with van der Waals surface area (Å²) in [5, 5.41) is 14.0. The number of aromatic amines is 1. The average molecular weight is 352 g/mol. The van der Waals surface area contributed by atoms with Crippen molar-refractivity contribution in [2.75, 3.05) is 27.2 Å². The Morgan fingerprint density at radius 2 is 1.88 bits per heavy atom. The Morgan fingerprint density at radius 3 is 2.32 bits per heavy atom. The summed E-state index contributed by atoms with van der Waals surface area (Å²) in [6, 6.07) is -0.207. The molecule has 0 aromatic carbocycles. The first-order valence-electron chi connectivity index (χ1n) is 8.16. The van der Waals surface area contributed by atoms with Crippen LogP contribution in [0.3, 0.4) is 0 Å². The molecular weight excluding hydrogens is 328 g/mol. The molecule has 1 spiro atoms. The second-order valence-corrected chi connectivity index (χ2v) is 6.17. The van der Waals surface area contributed by atoms with Crippen molar-refractivity contribution in [3.05, 3.63) is 11.6 Å². The van der Waals surface area contributed by atoms with Gasteiger partial charge >= 0.3 is 6.03 Å². The number of likely N-dealkylation sites (tertiary alicyclic amines) is 1.